The predicted molar refractivity (Wildman–Crippen MR) is 86.0 cm³/mol. The molecule has 0 atom stereocenters. The molecular formula is C13H11Cl2NO2S2. The zero-order chi connectivity index (χ0) is 14.8. The van der Waals surface area contributed by atoms with Crippen LogP contribution in [0.3, 0.4) is 0 Å². The predicted octanol–water partition coefficient (Wildman–Crippen LogP) is 5.02. The van der Waals surface area contributed by atoms with E-state index in [4.69, 9.17) is 22.3 Å². The lowest BCUT2D eigenvalue weighted by molar-refractivity contribution is 0.610. The third-order valence-corrected chi connectivity index (χ3v) is 5.18. The molecule has 0 N–H and O–H groups in total. The molecule has 0 saturated carbocycles. The van der Waals surface area contributed by atoms with Gasteiger partial charge in [0, 0.05) is 21.1 Å². The first-order valence-electron chi connectivity index (χ1n) is 5.78. The Bertz CT molecular complexity index is 738. The first-order chi connectivity index (χ1) is 9.43. The molecule has 7 heteroatoms. The van der Waals surface area contributed by atoms with Gasteiger partial charge in [-0.3, -0.25) is 0 Å². The molecule has 0 radical (unpaired) electrons. The lowest BCUT2D eigenvalue weighted by atomic mass is 10.1. The van der Waals surface area contributed by atoms with Crippen molar-refractivity contribution in [1.82, 2.24) is 0 Å². The first-order valence-corrected chi connectivity index (χ1v) is 9.34. The Morgan fingerprint density at radius 1 is 1.30 bits per heavy atom. The molecule has 0 unspecified atom stereocenters. The van der Waals surface area contributed by atoms with Crippen molar-refractivity contribution in [2.75, 3.05) is 0 Å². The van der Waals surface area contributed by atoms with Crippen molar-refractivity contribution in [3.8, 4) is 10.4 Å². The molecule has 2 rings (SSSR count). The fourth-order valence-electron chi connectivity index (χ4n) is 1.67. The minimum absolute atomic E-state index is 0.0309. The number of benzene rings is 1. The number of hydrogen-bond donors (Lipinski definition) is 0. The minimum Gasteiger partial charge on any atom is -0.239 e. The van der Waals surface area contributed by atoms with E-state index in [0.717, 1.165) is 4.88 Å². The van der Waals surface area contributed by atoms with Gasteiger partial charge in [-0.1, -0.05) is 36.7 Å². The van der Waals surface area contributed by atoms with Gasteiger partial charge in [0.1, 0.15) is 10.1 Å². The SMILES string of the molecule is CCC(Cl)=Nc1c(-c2cccs2)cccc1S(=O)(=O)Cl. The van der Waals surface area contributed by atoms with Crippen LogP contribution in [-0.4, -0.2) is 13.6 Å². The van der Waals surface area contributed by atoms with E-state index >= 15 is 0 Å². The van der Waals surface area contributed by atoms with Crippen molar-refractivity contribution in [3.63, 3.8) is 0 Å². The van der Waals surface area contributed by atoms with Crippen molar-refractivity contribution < 1.29 is 8.42 Å². The minimum atomic E-state index is -3.89. The lowest BCUT2D eigenvalue weighted by Gasteiger charge is -2.08. The smallest absolute Gasteiger partial charge is 0.239 e. The summed E-state index contributed by atoms with van der Waals surface area (Å²) >= 11 is 7.46. The van der Waals surface area contributed by atoms with Gasteiger partial charge in [0.15, 0.2) is 0 Å². The number of nitrogens with zero attached hydrogens (tertiary/aromatic N) is 1. The normalized spacial score (nSPS) is 12.7. The summed E-state index contributed by atoms with van der Waals surface area (Å²) in [6.45, 7) is 1.84. The van der Waals surface area contributed by atoms with E-state index in [1.807, 2.05) is 24.4 Å². The molecule has 20 heavy (non-hydrogen) atoms. The van der Waals surface area contributed by atoms with E-state index in [0.29, 0.717) is 17.2 Å². The van der Waals surface area contributed by atoms with Crippen LogP contribution in [0, 0.1) is 0 Å². The Balaban J connectivity index is 2.76. The average molecular weight is 348 g/mol. The van der Waals surface area contributed by atoms with Gasteiger partial charge >= 0.3 is 0 Å². The maximum absolute atomic E-state index is 11.7. The summed E-state index contributed by atoms with van der Waals surface area (Å²) < 4.78 is 23.4. The van der Waals surface area contributed by atoms with Gasteiger partial charge in [-0.25, -0.2) is 13.4 Å². The van der Waals surface area contributed by atoms with E-state index in [2.05, 4.69) is 4.99 Å². The van der Waals surface area contributed by atoms with E-state index in [-0.39, 0.29) is 10.6 Å². The van der Waals surface area contributed by atoms with Crippen LogP contribution in [0.2, 0.25) is 0 Å². The Hall–Kier alpha value is -0.880. The summed E-state index contributed by atoms with van der Waals surface area (Å²) in [6.07, 6.45) is 0.516. The second-order valence-electron chi connectivity index (χ2n) is 3.91. The summed E-state index contributed by atoms with van der Waals surface area (Å²) in [7, 11) is 1.60. The molecule has 1 aromatic heterocycles. The van der Waals surface area contributed by atoms with Gasteiger partial charge in [-0.05, 0) is 23.9 Å². The third kappa shape index (κ3) is 3.41. The molecule has 106 valence electrons. The molecule has 0 aliphatic carbocycles. The monoisotopic (exact) mass is 347 g/mol. The highest BCUT2D eigenvalue weighted by atomic mass is 35.7. The van der Waals surface area contributed by atoms with Crippen LogP contribution in [0.1, 0.15) is 13.3 Å². The van der Waals surface area contributed by atoms with Crippen molar-refractivity contribution in [1.29, 1.82) is 0 Å². The van der Waals surface area contributed by atoms with Gasteiger partial charge in [-0.15, -0.1) is 11.3 Å². The van der Waals surface area contributed by atoms with Gasteiger partial charge in [0.25, 0.3) is 9.05 Å². The van der Waals surface area contributed by atoms with Gasteiger partial charge in [0.05, 0.1) is 5.69 Å². The number of rotatable bonds is 4. The summed E-state index contributed by atoms with van der Waals surface area (Å²) in [6, 6.07) is 8.65. The first kappa shape index (κ1) is 15.5. The molecule has 1 aromatic carbocycles. The molecule has 1 heterocycles. The highest BCUT2D eigenvalue weighted by Gasteiger charge is 2.19. The van der Waals surface area contributed by atoms with Crippen LogP contribution < -0.4 is 0 Å². The van der Waals surface area contributed by atoms with E-state index in [1.165, 1.54) is 17.4 Å². The Labute approximate surface area is 131 Å². The van der Waals surface area contributed by atoms with Gasteiger partial charge in [0.2, 0.25) is 0 Å². The molecular weight excluding hydrogens is 337 g/mol. The Kier molecular flexibility index (Phi) is 4.86. The number of para-hydroxylation sites is 1. The molecule has 0 saturated heterocycles. The number of thiophene rings is 1. The Morgan fingerprint density at radius 3 is 2.60 bits per heavy atom. The van der Waals surface area contributed by atoms with Crippen LogP contribution in [0.15, 0.2) is 45.6 Å². The quantitative estimate of drug-likeness (QED) is 0.575. The van der Waals surface area contributed by atoms with Crippen LogP contribution in [-0.2, 0) is 9.05 Å². The number of aliphatic imine (C=N–C) groups is 1. The third-order valence-electron chi connectivity index (χ3n) is 2.57. The topological polar surface area (TPSA) is 46.5 Å². The van der Waals surface area contributed by atoms with Crippen molar-refractivity contribution in [2.24, 2.45) is 4.99 Å². The lowest BCUT2D eigenvalue weighted by Crippen LogP contribution is -1.94. The molecule has 0 aliphatic heterocycles. The Morgan fingerprint density at radius 2 is 2.05 bits per heavy atom. The van der Waals surface area contributed by atoms with Crippen LogP contribution in [0.25, 0.3) is 10.4 Å². The maximum atomic E-state index is 11.7. The fourth-order valence-corrected chi connectivity index (χ4v) is 3.50. The van der Waals surface area contributed by atoms with Crippen molar-refractivity contribution in [3.05, 3.63) is 35.7 Å². The van der Waals surface area contributed by atoms with Crippen LogP contribution >= 0.6 is 33.6 Å². The molecule has 0 amide bonds. The van der Waals surface area contributed by atoms with Crippen molar-refractivity contribution in [2.45, 2.75) is 18.2 Å². The fraction of sp³-hybridized carbons (Fsp3) is 0.154. The van der Waals surface area contributed by atoms with Gasteiger partial charge in [-0.2, -0.15) is 0 Å². The summed E-state index contributed by atoms with van der Waals surface area (Å²) in [5.41, 5.74) is 0.991. The van der Waals surface area contributed by atoms with E-state index in [1.54, 1.807) is 12.1 Å². The van der Waals surface area contributed by atoms with E-state index < -0.39 is 9.05 Å². The van der Waals surface area contributed by atoms with Crippen molar-refractivity contribution >= 4 is 53.5 Å². The second-order valence-corrected chi connectivity index (χ2v) is 7.83. The standard InChI is InChI=1S/C13H11Cl2NO2S2/c1-2-12(14)16-13-9(10-6-4-8-19-10)5-3-7-11(13)20(15,17)18/h3-8H,2H2,1H3. The zero-order valence-corrected chi connectivity index (χ0v) is 13.7. The largest absolute Gasteiger partial charge is 0.263 e. The molecule has 3 nitrogen and oxygen atoms in total. The molecule has 0 fully saturated rings. The summed E-state index contributed by atoms with van der Waals surface area (Å²) in [5.74, 6) is 0. The van der Waals surface area contributed by atoms with Gasteiger partial charge < -0.3 is 0 Å². The molecule has 0 aliphatic rings. The maximum Gasteiger partial charge on any atom is 0.263 e. The van der Waals surface area contributed by atoms with E-state index in [9.17, 15) is 8.42 Å². The van der Waals surface area contributed by atoms with Crippen LogP contribution in [0.4, 0.5) is 5.69 Å². The molecule has 2 aromatic rings. The molecule has 0 bridgehead atoms. The second kappa shape index (κ2) is 6.26. The number of halogens is 2. The molecule has 0 spiro atoms. The summed E-state index contributed by atoms with van der Waals surface area (Å²) in [5, 5.41) is 2.24. The average Bonchev–Trinajstić information content (AvgIpc) is 2.91. The summed E-state index contributed by atoms with van der Waals surface area (Å²) in [4.78, 5) is 5.10. The zero-order valence-electron chi connectivity index (χ0n) is 10.5. The highest BCUT2D eigenvalue weighted by Crippen LogP contribution is 2.39. The highest BCUT2D eigenvalue weighted by molar-refractivity contribution is 8.13. The number of hydrogen-bond acceptors (Lipinski definition) is 4. The van der Waals surface area contributed by atoms with Crippen LogP contribution in [0.5, 0.6) is 0 Å².